The number of hydrogen-bond donors (Lipinski definition) is 2. The van der Waals surface area contributed by atoms with Crippen molar-refractivity contribution in [3.05, 3.63) is 0 Å². The van der Waals surface area contributed by atoms with Crippen molar-refractivity contribution in [1.82, 2.24) is 10.6 Å². The topological polar surface area (TPSA) is 34.0 Å². The van der Waals surface area contributed by atoms with Crippen LogP contribution in [0.5, 0.6) is 0 Å². The van der Waals surface area contributed by atoms with E-state index in [1.165, 1.54) is 13.0 Å². The molecule has 2 N–H and O–H groups in total. The summed E-state index contributed by atoms with van der Waals surface area (Å²) in [7, 11) is 3.42. The second kappa shape index (κ2) is 4.03. The lowest BCUT2D eigenvalue weighted by Crippen LogP contribution is -2.21. The van der Waals surface area contributed by atoms with Gasteiger partial charge in [0.1, 0.15) is 0 Å². The summed E-state index contributed by atoms with van der Waals surface area (Å²) < 4.78 is 0. The fraction of sp³-hybridized carbons (Fsp3) is 1.00. The Kier molecular flexibility index (Phi) is 3.25. The maximum atomic E-state index is 3.42. The fourth-order valence-electron chi connectivity index (χ4n) is 0.717. The van der Waals surface area contributed by atoms with Gasteiger partial charge in [-0.05, 0) is 13.0 Å². The van der Waals surface area contributed by atoms with Gasteiger partial charge in [-0.2, -0.15) is 0 Å². The molecule has 0 spiro atoms. The van der Waals surface area contributed by atoms with Gasteiger partial charge < -0.3 is 10.6 Å². The van der Waals surface area contributed by atoms with E-state index in [2.05, 4.69) is 20.9 Å². The van der Waals surface area contributed by atoms with Gasteiger partial charge in [-0.3, -0.25) is 0 Å². The molecule has 0 bridgehead atoms. The zero-order valence-electron chi connectivity index (χ0n) is 5.61. The molecular weight excluding hydrogens is 128 g/mol. The highest BCUT2D eigenvalue weighted by Crippen LogP contribution is 1.92. The molecule has 0 amide bonds. The Morgan fingerprint density at radius 2 is 2.44 bits per heavy atom. The minimum Gasteiger partial charge on any atom is -0.315 e. The molecule has 9 heavy (non-hydrogen) atoms. The van der Waals surface area contributed by atoms with Crippen LogP contribution in [0.25, 0.3) is 0 Å². The van der Waals surface area contributed by atoms with Crippen molar-refractivity contribution in [2.45, 2.75) is 18.5 Å². The smallest absolute Gasteiger partial charge is 0.0318 e. The minimum atomic E-state index is 0.778. The third-order valence-corrected chi connectivity index (χ3v) is 1.77. The maximum absolute atomic E-state index is 3.42. The monoisotopic (exact) mass is 141 g/mol. The molecule has 1 atom stereocenters. The summed E-state index contributed by atoms with van der Waals surface area (Å²) in [4.78, 5) is 0. The van der Waals surface area contributed by atoms with Gasteiger partial charge >= 0.3 is 0 Å². The van der Waals surface area contributed by atoms with Crippen LogP contribution in [0.2, 0.25) is 6.04 Å². The van der Waals surface area contributed by atoms with Gasteiger partial charge in [0.05, 0.1) is 0 Å². The summed E-state index contributed by atoms with van der Waals surface area (Å²) >= 11 is 0. The van der Waals surface area contributed by atoms with E-state index in [1.807, 2.05) is 0 Å². The van der Waals surface area contributed by atoms with Gasteiger partial charge in [-0.1, -0.05) is 6.04 Å². The first-order valence-corrected chi connectivity index (χ1v) is 4.23. The predicted octanol–water partition coefficient (Wildman–Crippen LogP) is -0.475. The van der Waals surface area contributed by atoms with Crippen LogP contribution in [0.15, 0.2) is 0 Å². The molecule has 0 saturated carbocycles. The second-order valence-corrected chi connectivity index (χ2v) is 2.91. The Hall–Kier alpha value is 0.137. The lowest BCUT2D eigenvalue weighted by molar-refractivity contribution is 0.665. The van der Waals surface area contributed by atoms with Crippen molar-refractivity contribution in [3.8, 4) is 0 Å². The fourth-order valence-corrected chi connectivity index (χ4v) is 0.894. The highest BCUT2D eigenvalue weighted by molar-refractivity contribution is 6.08. The molecule has 1 unspecified atom stereocenters. The van der Waals surface area contributed by atoms with Crippen LogP contribution in [0.3, 0.4) is 0 Å². The normalized spacial score (nSPS) is 24.3. The first-order chi connectivity index (χ1) is 4.43. The van der Waals surface area contributed by atoms with Crippen LogP contribution in [0.4, 0.5) is 0 Å². The van der Waals surface area contributed by atoms with Crippen LogP contribution in [-0.2, 0) is 0 Å². The lowest BCUT2D eigenvalue weighted by Gasteiger charge is -1.98. The van der Waals surface area contributed by atoms with Crippen molar-refractivity contribution >= 4 is 10.2 Å². The minimum absolute atomic E-state index is 0.778. The molecular formula is C6H13N2Si. The summed E-state index contributed by atoms with van der Waals surface area (Å²) in [6.07, 6.45) is 1.23. The second-order valence-electron chi connectivity index (χ2n) is 2.41. The number of nitrogens with one attached hydrogen (secondary N) is 2. The highest BCUT2D eigenvalue weighted by atomic mass is 28.1. The predicted molar refractivity (Wildman–Crippen MR) is 39.8 cm³/mol. The van der Waals surface area contributed by atoms with E-state index in [0.29, 0.717) is 0 Å². The van der Waals surface area contributed by atoms with Crippen LogP contribution in [0.1, 0.15) is 6.42 Å². The zero-order valence-corrected chi connectivity index (χ0v) is 6.61. The molecule has 51 valence electrons. The molecule has 0 aromatic rings. The summed E-state index contributed by atoms with van der Waals surface area (Å²) in [6.45, 7) is 3.49. The number of hydrogen-bond acceptors (Lipinski definition) is 2. The van der Waals surface area contributed by atoms with Crippen molar-refractivity contribution in [1.29, 1.82) is 0 Å². The third-order valence-electron chi connectivity index (χ3n) is 1.41. The van der Waals surface area contributed by atoms with Crippen LogP contribution >= 0.6 is 0 Å². The lowest BCUT2D eigenvalue weighted by atomic mass is 10.4. The van der Waals surface area contributed by atoms with E-state index in [0.717, 1.165) is 25.2 Å². The molecule has 1 fully saturated rings. The SMILES string of the molecule is [Si]CCCNCC1CN1. The molecule has 0 aromatic heterocycles. The van der Waals surface area contributed by atoms with Crippen molar-refractivity contribution in [3.63, 3.8) is 0 Å². The van der Waals surface area contributed by atoms with Crippen molar-refractivity contribution < 1.29 is 0 Å². The van der Waals surface area contributed by atoms with Gasteiger partial charge in [0.15, 0.2) is 0 Å². The third kappa shape index (κ3) is 3.67. The Morgan fingerprint density at radius 1 is 1.67 bits per heavy atom. The molecule has 1 aliphatic rings. The Balaban J connectivity index is 1.71. The average molecular weight is 141 g/mol. The quantitative estimate of drug-likeness (QED) is 0.308. The molecule has 3 radical (unpaired) electrons. The van der Waals surface area contributed by atoms with E-state index < -0.39 is 0 Å². The molecule has 1 rings (SSSR count). The summed E-state index contributed by atoms with van der Waals surface area (Å²) in [5.74, 6) is 0. The van der Waals surface area contributed by atoms with E-state index in [4.69, 9.17) is 0 Å². The van der Waals surface area contributed by atoms with Crippen LogP contribution in [0, 0.1) is 0 Å². The molecule has 1 aliphatic heterocycles. The van der Waals surface area contributed by atoms with Crippen LogP contribution in [-0.4, -0.2) is 35.9 Å². The average Bonchev–Trinajstić information content (AvgIpc) is 2.63. The number of rotatable bonds is 5. The molecule has 2 nitrogen and oxygen atoms in total. The Bertz CT molecular complexity index is 73.5. The highest BCUT2D eigenvalue weighted by Gasteiger charge is 2.17. The van der Waals surface area contributed by atoms with E-state index in [-0.39, 0.29) is 0 Å². The molecule has 1 saturated heterocycles. The molecule has 1 heterocycles. The van der Waals surface area contributed by atoms with Gasteiger partial charge in [0.25, 0.3) is 0 Å². The van der Waals surface area contributed by atoms with Gasteiger partial charge in [-0.25, -0.2) is 0 Å². The zero-order chi connectivity index (χ0) is 6.53. The van der Waals surface area contributed by atoms with E-state index in [9.17, 15) is 0 Å². The van der Waals surface area contributed by atoms with E-state index in [1.54, 1.807) is 0 Å². The van der Waals surface area contributed by atoms with Gasteiger partial charge in [0.2, 0.25) is 0 Å². The van der Waals surface area contributed by atoms with Gasteiger partial charge in [0, 0.05) is 29.4 Å². The van der Waals surface area contributed by atoms with E-state index >= 15 is 0 Å². The first-order valence-electron chi connectivity index (χ1n) is 3.52. The largest absolute Gasteiger partial charge is 0.315 e. The summed E-state index contributed by atoms with van der Waals surface area (Å²) in [5.41, 5.74) is 0. The van der Waals surface area contributed by atoms with Crippen molar-refractivity contribution in [2.24, 2.45) is 0 Å². The maximum Gasteiger partial charge on any atom is 0.0318 e. The molecule has 0 aromatic carbocycles. The van der Waals surface area contributed by atoms with Crippen LogP contribution < -0.4 is 10.6 Å². The molecule has 3 heteroatoms. The Morgan fingerprint density at radius 3 is 3.00 bits per heavy atom. The first kappa shape index (κ1) is 7.25. The van der Waals surface area contributed by atoms with Crippen molar-refractivity contribution in [2.75, 3.05) is 19.6 Å². The summed E-state index contributed by atoms with van der Waals surface area (Å²) in [6, 6.07) is 1.88. The Labute approximate surface area is 59.8 Å². The summed E-state index contributed by atoms with van der Waals surface area (Å²) in [5, 5.41) is 6.59. The van der Waals surface area contributed by atoms with Gasteiger partial charge in [-0.15, -0.1) is 0 Å². The molecule has 0 aliphatic carbocycles. The standard InChI is InChI=1S/C6H13N2Si/c9-3-1-2-7-4-6-5-8-6/h6-8H,1-5H2.